The van der Waals surface area contributed by atoms with E-state index < -0.39 is 0 Å². The van der Waals surface area contributed by atoms with Gasteiger partial charge < -0.3 is 5.11 Å². The van der Waals surface area contributed by atoms with Crippen LogP contribution in [0.5, 0.6) is 0 Å². The maximum Gasteiger partial charge on any atom is 0.0542 e. The Bertz CT molecular complexity index is 226. The van der Waals surface area contributed by atoms with Crippen molar-refractivity contribution in [3.05, 3.63) is 0 Å². The second kappa shape index (κ2) is 12.5. The van der Waals surface area contributed by atoms with Gasteiger partial charge in [0.15, 0.2) is 0 Å². The van der Waals surface area contributed by atoms with E-state index in [4.69, 9.17) is 0 Å². The highest BCUT2D eigenvalue weighted by Gasteiger charge is 2.22. The first kappa shape index (κ1) is 19.0. The highest BCUT2D eigenvalue weighted by Crippen LogP contribution is 2.33. The zero-order valence-electron chi connectivity index (χ0n) is 14.8. The van der Waals surface area contributed by atoms with Crippen LogP contribution in [0.25, 0.3) is 0 Å². The lowest BCUT2D eigenvalue weighted by atomic mass is 9.79. The molecule has 1 aliphatic rings. The summed E-state index contributed by atoms with van der Waals surface area (Å²) in [6, 6.07) is 0. The smallest absolute Gasteiger partial charge is 0.0542 e. The van der Waals surface area contributed by atoms with Gasteiger partial charge in [-0.2, -0.15) is 0 Å². The zero-order chi connectivity index (χ0) is 15.3. The first-order chi connectivity index (χ1) is 10.3. The Morgan fingerprint density at radius 3 is 2.14 bits per heavy atom. The summed E-state index contributed by atoms with van der Waals surface area (Å²) in [5.74, 6) is 1.75. The van der Waals surface area contributed by atoms with Gasteiger partial charge in [-0.3, -0.25) is 0 Å². The van der Waals surface area contributed by atoms with Gasteiger partial charge in [0.1, 0.15) is 0 Å². The summed E-state index contributed by atoms with van der Waals surface area (Å²) >= 11 is 0. The number of rotatable bonds is 10. The lowest BCUT2D eigenvalue weighted by Gasteiger charge is -2.29. The summed E-state index contributed by atoms with van der Waals surface area (Å²) in [6.45, 7) is 4.58. The average Bonchev–Trinajstić information content (AvgIpc) is 2.45. The van der Waals surface area contributed by atoms with Crippen LogP contribution in [-0.2, 0) is 0 Å². The Kier molecular flexibility index (Phi) is 11.3. The standard InChI is InChI=1S/C20H40O/c1-3-5-7-8-9-10-13-18-14-11-15-20(21)17-19(16-18)12-6-4-2/h18-21H,3-17H2,1-2H3. The van der Waals surface area contributed by atoms with Gasteiger partial charge in [0.2, 0.25) is 0 Å². The molecule has 0 amide bonds. The van der Waals surface area contributed by atoms with Crippen LogP contribution in [0.3, 0.4) is 0 Å². The summed E-state index contributed by atoms with van der Waals surface area (Å²) < 4.78 is 0. The summed E-state index contributed by atoms with van der Waals surface area (Å²) in [5.41, 5.74) is 0. The van der Waals surface area contributed by atoms with Gasteiger partial charge in [-0.25, -0.2) is 0 Å². The van der Waals surface area contributed by atoms with Crippen LogP contribution in [-0.4, -0.2) is 11.2 Å². The zero-order valence-corrected chi connectivity index (χ0v) is 14.8. The monoisotopic (exact) mass is 296 g/mol. The summed E-state index contributed by atoms with van der Waals surface area (Å²) in [6.07, 6.45) is 20.1. The minimum Gasteiger partial charge on any atom is -0.393 e. The molecule has 0 aliphatic heterocycles. The van der Waals surface area contributed by atoms with E-state index in [1.165, 1.54) is 83.5 Å². The molecule has 1 rings (SSSR count). The van der Waals surface area contributed by atoms with E-state index in [1.807, 2.05) is 0 Å². The number of unbranched alkanes of at least 4 members (excludes halogenated alkanes) is 6. The molecule has 0 saturated heterocycles. The van der Waals surface area contributed by atoms with E-state index >= 15 is 0 Å². The van der Waals surface area contributed by atoms with E-state index in [2.05, 4.69) is 13.8 Å². The van der Waals surface area contributed by atoms with E-state index in [9.17, 15) is 5.11 Å². The molecule has 0 aromatic heterocycles. The van der Waals surface area contributed by atoms with Crippen molar-refractivity contribution in [1.29, 1.82) is 0 Å². The maximum atomic E-state index is 10.1. The molecule has 1 nitrogen and oxygen atoms in total. The van der Waals surface area contributed by atoms with Crippen LogP contribution in [0.4, 0.5) is 0 Å². The van der Waals surface area contributed by atoms with Crippen LogP contribution in [0.2, 0.25) is 0 Å². The highest BCUT2D eigenvalue weighted by molar-refractivity contribution is 4.74. The van der Waals surface area contributed by atoms with E-state index in [0.717, 1.165) is 24.7 Å². The fourth-order valence-electron chi connectivity index (χ4n) is 4.03. The van der Waals surface area contributed by atoms with Crippen molar-refractivity contribution in [2.24, 2.45) is 11.8 Å². The summed E-state index contributed by atoms with van der Waals surface area (Å²) in [7, 11) is 0. The topological polar surface area (TPSA) is 20.2 Å². The van der Waals surface area contributed by atoms with E-state index in [-0.39, 0.29) is 6.10 Å². The van der Waals surface area contributed by atoms with Crippen molar-refractivity contribution >= 4 is 0 Å². The van der Waals surface area contributed by atoms with Gasteiger partial charge in [0.25, 0.3) is 0 Å². The fourth-order valence-corrected chi connectivity index (χ4v) is 4.03. The van der Waals surface area contributed by atoms with Crippen LogP contribution in [0.1, 0.15) is 110 Å². The van der Waals surface area contributed by atoms with Crippen molar-refractivity contribution in [3.8, 4) is 0 Å². The molecule has 126 valence electrons. The maximum absolute atomic E-state index is 10.1. The molecule has 0 spiro atoms. The molecular formula is C20H40O. The van der Waals surface area contributed by atoms with Gasteiger partial charge >= 0.3 is 0 Å². The predicted octanol–water partition coefficient (Wildman–Crippen LogP) is 6.48. The van der Waals surface area contributed by atoms with Crippen molar-refractivity contribution < 1.29 is 5.11 Å². The van der Waals surface area contributed by atoms with E-state index in [1.54, 1.807) is 0 Å². The predicted molar refractivity (Wildman–Crippen MR) is 93.6 cm³/mol. The van der Waals surface area contributed by atoms with Gasteiger partial charge in [0.05, 0.1) is 6.10 Å². The Morgan fingerprint density at radius 2 is 1.38 bits per heavy atom. The van der Waals surface area contributed by atoms with E-state index in [0.29, 0.717) is 0 Å². The first-order valence-electron chi connectivity index (χ1n) is 9.94. The van der Waals surface area contributed by atoms with Crippen LogP contribution >= 0.6 is 0 Å². The minimum absolute atomic E-state index is 0.0122. The molecule has 1 N–H and O–H groups in total. The molecule has 1 fully saturated rings. The third-order valence-electron chi connectivity index (χ3n) is 5.35. The van der Waals surface area contributed by atoms with Gasteiger partial charge in [0, 0.05) is 0 Å². The van der Waals surface area contributed by atoms with Gasteiger partial charge in [-0.05, 0) is 31.1 Å². The highest BCUT2D eigenvalue weighted by atomic mass is 16.3. The van der Waals surface area contributed by atoms with Crippen molar-refractivity contribution in [2.75, 3.05) is 0 Å². The number of aliphatic hydroxyl groups is 1. The Morgan fingerprint density at radius 1 is 0.714 bits per heavy atom. The molecule has 1 heteroatoms. The second-order valence-corrected chi connectivity index (χ2v) is 7.49. The molecular weight excluding hydrogens is 256 g/mol. The molecule has 1 aliphatic carbocycles. The largest absolute Gasteiger partial charge is 0.393 e. The normalized spacial score (nSPS) is 27.3. The van der Waals surface area contributed by atoms with Crippen molar-refractivity contribution in [2.45, 2.75) is 116 Å². The van der Waals surface area contributed by atoms with Gasteiger partial charge in [-0.1, -0.05) is 90.9 Å². The van der Waals surface area contributed by atoms with Crippen LogP contribution < -0.4 is 0 Å². The molecule has 0 radical (unpaired) electrons. The van der Waals surface area contributed by atoms with Crippen LogP contribution in [0, 0.1) is 11.8 Å². The molecule has 0 aromatic rings. The molecule has 1 saturated carbocycles. The quantitative estimate of drug-likeness (QED) is 0.457. The van der Waals surface area contributed by atoms with Gasteiger partial charge in [-0.15, -0.1) is 0 Å². The lowest BCUT2D eigenvalue weighted by molar-refractivity contribution is 0.102. The SMILES string of the molecule is CCCCCCCCC1CCCC(O)CC(CCCC)C1. The first-order valence-corrected chi connectivity index (χ1v) is 9.94. The molecule has 3 atom stereocenters. The summed E-state index contributed by atoms with van der Waals surface area (Å²) in [4.78, 5) is 0. The van der Waals surface area contributed by atoms with Crippen LogP contribution in [0.15, 0.2) is 0 Å². The average molecular weight is 297 g/mol. The van der Waals surface area contributed by atoms with Crippen molar-refractivity contribution in [1.82, 2.24) is 0 Å². The number of hydrogen-bond donors (Lipinski definition) is 1. The third kappa shape index (κ3) is 9.55. The Labute approximate surface area is 133 Å². The molecule has 0 aromatic carbocycles. The molecule has 21 heavy (non-hydrogen) atoms. The Hall–Kier alpha value is -0.0400. The second-order valence-electron chi connectivity index (χ2n) is 7.49. The minimum atomic E-state index is -0.0122. The summed E-state index contributed by atoms with van der Waals surface area (Å²) in [5, 5.41) is 10.1. The molecule has 0 bridgehead atoms. The molecule has 3 unspecified atom stereocenters. The fraction of sp³-hybridized carbons (Fsp3) is 1.00. The number of hydrogen-bond acceptors (Lipinski definition) is 1. The molecule has 0 heterocycles. The third-order valence-corrected chi connectivity index (χ3v) is 5.35. The Balaban J connectivity index is 2.23. The lowest BCUT2D eigenvalue weighted by Crippen LogP contribution is -2.20. The number of aliphatic hydroxyl groups excluding tert-OH is 1. The van der Waals surface area contributed by atoms with Crippen molar-refractivity contribution in [3.63, 3.8) is 0 Å².